The first-order valence-corrected chi connectivity index (χ1v) is 21.0. The Hall–Kier alpha value is -6.10. The van der Waals surface area contributed by atoms with Gasteiger partial charge in [-0.25, -0.2) is 9.97 Å². The lowest BCUT2D eigenvalue weighted by Crippen LogP contribution is -2.31. The van der Waals surface area contributed by atoms with Crippen LogP contribution in [-0.2, 0) is 16.2 Å². The third kappa shape index (κ3) is 5.84. The summed E-state index contributed by atoms with van der Waals surface area (Å²) in [5, 5.41) is 0. The van der Waals surface area contributed by atoms with Gasteiger partial charge in [-0.05, 0) is 69.3 Å². The maximum absolute atomic E-state index is 5.27. The molecular formula is C54H45N3S. The minimum atomic E-state index is -0.411. The topological polar surface area (TPSA) is 38.7 Å². The Bertz CT molecular complexity index is 2830. The van der Waals surface area contributed by atoms with Gasteiger partial charge in [-0.1, -0.05) is 187 Å². The second-order valence-electron chi connectivity index (χ2n) is 17.6. The summed E-state index contributed by atoms with van der Waals surface area (Å²) in [7, 11) is 0. The van der Waals surface area contributed by atoms with Crippen molar-refractivity contribution in [1.82, 2.24) is 15.0 Å². The highest BCUT2D eigenvalue weighted by molar-refractivity contribution is 7.99. The van der Waals surface area contributed by atoms with E-state index in [1.54, 1.807) is 0 Å². The molecule has 0 radical (unpaired) electrons. The largest absolute Gasteiger partial charge is 0.256 e. The van der Waals surface area contributed by atoms with Gasteiger partial charge in [0.05, 0.1) is 22.5 Å². The molecule has 0 saturated carbocycles. The summed E-state index contributed by atoms with van der Waals surface area (Å²) in [5.41, 5.74) is 16.7. The van der Waals surface area contributed by atoms with E-state index in [0.29, 0.717) is 5.82 Å². The SMILES string of the molecule is CC(C)(C)c1ccc(-c2ccc(-c3cc(-c4ccc5c(c4)-c4ccccc4C54c5ccccc5Sc5ccccc54)nc(-c4ccccc4)n3)cc2)c(C(C)(C)C)n1. The Morgan fingerprint density at radius 1 is 0.397 bits per heavy atom. The van der Waals surface area contributed by atoms with Crippen LogP contribution in [0.4, 0.5) is 0 Å². The highest BCUT2D eigenvalue weighted by Crippen LogP contribution is 2.62. The summed E-state index contributed by atoms with van der Waals surface area (Å²) < 4.78 is 0. The lowest BCUT2D eigenvalue weighted by atomic mass is 9.67. The molecule has 3 nitrogen and oxygen atoms in total. The fraction of sp³-hybridized carbons (Fsp3) is 0.167. The molecule has 6 aromatic carbocycles. The summed E-state index contributed by atoms with van der Waals surface area (Å²) in [6.07, 6.45) is 0. The molecular weight excluding hydrogens is 723 g/mol. The smallest absolute Gasteiger partial charge is 0.160 e. The zero-order valence-electron chi connectivity index (χ0n) is 33.8. The monoisotopic (exact) mass is 767 g/mol. The average molecular weight is 768 g/mol. The van der Waals surface area contributed by atoms with E-state index in [4.69, 9.17) is 15.0 Å². The summed E-state index contributed by atoms with van der Waals surface area (Å²) in [5.74, 6) is 0.707. The zero-order chi connectivity index (χ0) is 39.8. The van der Waals surface area contributed by atoms with E-state index < -0.39 is 5.41 Å². The van der Waals surface area contributed by atoms with Crippen molar-refractivity contribution in [3.8, 4) is 56.2 Å². The second-order valence-corrected chi connectivity index (χ2v) is 18.7. The van der Waals surface area contributed by atoms with Gasteiger partial charge in [-0.2, -0.15) is 0 Å². The van der Waals surface area contributed by atoms with Gasteiger partial charge < -0.3 is 0 Å². The molecule has 58 heavy (non-hydrogen) atoms. The summed E-state index contributed by atoms with van der Waals surface area (Å²) in [6, 6.07) is 59.6. The molecule has 1 aliphatic carbocycles. The number of fused-ring (bicyclic) bond motifs is 9. The molecule has 0 atom stereocenters. The number of aromatic nitrogens is 3. The van der Waals surface area contributed by atoms with Crippen LogP contribution in [0.2, 0.25) is 0 Å². The number of nitrogens with zero attached hydrogens (tertiary/aromatic N) is 3. The first-order chi connectivity index (χ1) is 28.0. The van der Waals surface area contributed by atoms with Crippen molar-refractivity contribution in [3.05, 3.63) is 197 Å². The third-order valence-electron chi connectivity index (χ3n) is 11.8. The molecule has 2 aromatic heterocycles. The highest BCUT2D eigenvalue weighted by atomic mass is 32.2. The van der Waals surface area contributed by atoms with E-state index in [9.17, 15) is 0 Å². The van der Waals surface area contributed by atoms with Crippen LogP contribution in [0, 0.1) is 0 Å². The minimum absolute atomic E-state index is 0.0287. The van der Waals surface area contributed by atoms with Crippen LogP contribution in [0.1, 0.15) is 75.2 Å². The van der Waals surface area contributed by atoms with E-state index in [1.807, 2.05) is 17.8 Å². The van der Waals surface area contributed by atoms with Gasteiger partial charge >= 0.3 is 0 Å². The number of hydrogen-bond acceptors (Lipinski definition) is 4. The van der Waals surface area contributed by atoms with Crippen LogP contribution in [0.25, 0.3) is 56.2 Å². The Kier molecular flexibility index (Phi) is 8.44. The summed E-state index contributed by atoms with van der Waals surface area (Å²) in [4.78, 5) is 18.3. The fourth-order valence-electron chi connectivity index (χ4n) is 8.98. The van der Waals surface area contributed by atoms with E-state index in [0.717, 1.165) is 45.0 Å². The normalized spacial score (nSPS) is 13.8. The molecule has 0 N–H and O–H groups in total. The van der Waals surface area contributed by atoms with Gasteiger partial charge in [0.2, 0.25) is 0 Å². The maximum Gasteiger partial charge on any atom is 0.160 e. The van der Waals surface area contributed by atoms with E-state index in [2.05, 4.69) is 199 Å². The number of hydrogen-bond donors (Lipinski definition) is 0. The van der Waals surface area contributed by atoms with Crippen LogP contribution in [0.5, 0.6) is 0 Å². The Balaban J connectivity index is 1.12. The van der Waals surface area contributed by atoms with Crippen LogP contribution in [0.3, 0.4) is 0 Å². The molecule has 1 aliphatic heterocycles. The molecule has 8 aromatic rings. The van der Waals surface area contributed by atoms with Crippen molar-refractivity contribution >= 4 is 11.8 Å². The Morgan fingerprint density at radius 2 is 0.948 bits per heavy atom. The summed E-state index contributed by atoms with van der Waals surface area (Å²) >= 11 is 1.87. The molecule has 2 aliphatic rings. The fourth-order valence-corrected chi connectivity index (χ4v) is 10.2. The van der Waals surface area contributed by atoms with E-state index >= 15 is 0 Å². The Morgan fingerprint density at radius 3 is 1.60 bits per heavy atom. The zero-order valence-corrected chi connectivity index (χ0v) is 34.7. The molecule has 282 valence electrons. The molecule has 0 fully saturated rings. The van der Waals surface area contributed by atoms with Crippen molar-refractivity contribution in [3.63, 3.8) is 0 Å². The quantitative estimate of drug-likeness (QED) is 0.179. The van der Waals surface area contributed by atoms with Crippen LogP contribution in [0.15, 0.2) is 174 Å². The first kappa shape index (κ1) is 36.3. The Labute approximate surface area is 346 Å². The van der Waals surface area contributed by atoms with E-state index in [1.165, 1.54) is 48.7 Å². The predicted octanol–water partition coefficient (Wildman–Crippen LogP) is 14.0. The van der Waals surface area contributed by atoms with Gasteiger partial charge in [-0.3, -0.25) is 4.98 Å². The van der Waals surface area contributed by atoms with Gasteiger partial charge in [-0.15, -0.1) is 0 Å². The third-order valence-corrected chi connectivity index (χ3v) is 12.9. The second kappa shape index (κ2) is 13.5. The number of benzene rings is 6. The molecule has 0 bridgehead atoms. The van der Waals surface area contributed by atoms with Crippen LogP contribution >= 0.6 is 11.8 Å². The van der Waals surface area contributed by atoms with Crippen LogP contribution < -0.4 is 0 Å². The van der Waals surface area contributed by atoms with Crippen molar-refractivity contribution in [2.24, 2.45) is 0 Å². The molecule has 0 saturated heterocycles. The standard InChI is InChI=1S/C54H45N3S/c1-52(2,3)49-31-29-38(50(57-49)53(4,5)6)34-24-26-35(27-25-34)45-33-46(56-51(55-45)36-16-8-7-9-17-36)37-28-30-42-40(32-37)39-18-10-11-19-41(39)54(42)43-20-12-14-22-47(43)58-48-23-15-13-21-44(48)54/h7-33H,1-6H3. The molecule has 1 spiro atoms. The maximum atomic E-state index is 5.27. The van der Waals surface area contributed by atoms with Gasteiger partial charge in [0.1, 0.15) is 0 Å². The van der Waals surface area contributed by atoms with Gasteiger partial charge in [0.15, 0.2) is 5.82 Å². The van der Waals surface area contributed by atoms with Crippen molar-refractivity contribution in [2.75, 3.05) is 0 Å². The lowest BCUT2D eigenvalue weighted by molar-refractivity contribution is 0.532. The van der Waals surface area contributed by atoms with E-state index in [-0.39, 0.29) is 10.8 Å². The van der Waals surface area contributed by atoms with Crippen molar-refractivity contribution < 1.29 is 0 Å². The molecule has 0 amide bonds. The first-order valence-electron chi connectivity index (χ1n) is 20.2. The molecule has 10 rings (SSSR count). The molecule has 4 heteroatoms. The van der Waals surface area contributed by atoms with Gasteiger partial charge in [0.25, 0.3) is 0 Å². The average Bonchev–Trinajstić information content (AvgIpc) is 3.53. The molecule has 3 heterocycles. The molecule has 0 unspecified atom stereocenters. The van der Waals surface area contributed by atoms with Crippen molar-refractivity contribution in [2.45, 2.75) is 67.6 Å². The minimum Gasteiger partial charge on any atom is -0.256 e. The van der Waals surface area contributed by atoms with Crippen molar-refractivity contribution in [1.29, 1.82) is 0 Å². The highest BCUT2D eigenvalue weighted by Gasteiger charge is 2.50. The summed E-state index contributed by atoms with van der Waals surface area (Å²) in [6.45, 7) is 13.4. The number of pyridine rings is 1. The van der Waals surface area contributed by atoms with Gasteiger partial charge in [0, 0.05) is 48.6 Å². The lowest BCUT2D eigenvalue weighted by Gasteiger charge is -2.39. The predicted molar refractivity (Wildman–Crippen MR) is 240 cm³/mol. The number of rotatable bonds is 4. The van der Waals surface area contributed by atoms with Crippen LogP contribution in [-0.4, -0.2) is 15.0 Å².